The molecule has 0 radical (unpaired) electrons. The summed E-state index contributed by atoms with van der Waals surface area (Å²) in [6.07, 6.45) is 0. The molecule has 2 N–H and O–H groups in total. The van der Waals surface area contributed by atoms with Crippen LogP contribution >= 0.6 is 11.6 Å². The predicted octanol–water partition coefficient (Wildman–Crippen LogP) is 3.55. The lowest BCUT2D eigenvalue weighted by Gasteiger charge is -2.13. The van der Waals surface area contributed by atoms with Gasteiger partial charge in [-0.05, 0) is 42.8 Å². The first-order valence-electron chi connectivity index (χ1n) is 6.72. The number of ether oxygens (including phenoxy) is 1. The van der Waals surface area contributed by atoms with Crippen LogP contribution in [0.2, 0.25) is 5.02 Å². The zero-order chi connectivity index (χ0) is 15.2. The lowest BCUT2D eigenvalue weighted by Crippen LogP contribution is -2.18. The molecule has 0 saturated carbocycles. The first-order valence-corrected chi connectivity index (χ1v) is 8.42. The smallest absolute Gasteiger partial charge is 0.119 e. The van der Waals surface area contributed by atoms with Gasteiger partial charge in [0.25, 0.3) is 0 Å². The average molecular weight is 324 g/mol. The van der Waals surface area contributed by atoms with Crippen LogP contribution in [0, 0.1) is 0 Å². The summed E-state index contributed by atoms with van der Waals surface area (Å²) in [4.78, 5) is 0.698. The van der Waals surface area contributed by atoms with E-state index in [9.17, 15) is 4.21 Å². The number of hydrogen-bond donors (Lipinski definition) is 1. The van der Waals surface area contributed by atoms with Crippen LogP contribution in [-0.2, 0) is 10.8 Å². The molecule has 2 atom stereocenters. The second-order valence-electron chi connectivity index (χ2n) is 4.58. The van der Waals surface area contributed by atoms with Gasteiger partial charge in [-0.2, -0.15) is 0 Å². The summed E-state index contributed by atoms with van der Waals surface area (Å²) >= 11 is 5.91. The monoisotopic (exact) mass is 323 g/mol. The maximum Gasteiger partial charge on any atom is 0.119 e. The molecule has 0 aromatic heterocycles. The summed E-state index contributed by atoms with van der Waals surface area (Å²) in [6.45, 7) is 2.57. The van der Waals surface area contributed by atoms with Crippen LogP contribution in [0.3, 0.4) is 0 Å². The van der Waals surface area contributed by atoms with Crippen molar-refractivity contribution in [3.05, 3.63) is 59.1 Å². The predicted molar refractivity (Wildman–Crippen MR) is 87.3 cm³/mol. The third-order valence-electron chi connectivity index (χ3n) is 3.01. The summed E-state index contributed by atoms with van der Waals surface area (Å²) in [5, 5.41) is 0.579. The Morgan fingerprint density at radius 2 is 1.95 bits per heavy atom. The van der Waals surface area contributed by atoms with Crippen LogP contribution in [0.5, 0.6) is 5.75 Å². The number of hydrogen-bond acceptors (Lipinski definition) is 3. The fourth-order valence-electron chi connectivity index (χ4n) is 1.94. The quantitative estimate of drug-likeness (QED) is 0.884. The largest absolute Gasteiger partial charge is 0.494 e. The molecule has 0 heterocycles. The molecule has 5 heteroatoms. The van der Waals surface area contributed by atoms with E-state index in [1.165, 1.54) is 0 Å². The van der Waals surface area contributed by atoms with Gasteiger partial charge in [-0.25, -0.2) is 0 Å². The topological polar surface area (TPSA) is 52.3 Å². The van der Waals surface area contributed by atoms with Gasteiger partial charge in [0, 0.05) is 21.7 Å². The highest BCUT2D eigenvalue weighted by Crippen LogP contribution is 2.20. The van der Waals surface area contributed by atoms with Gasteiger partial charge in [0.1, 0.15) is 5.75 Å². The first kappa shape index (κ1) is 16.0. The van der Waals surface area contributed by atoms with Gasteiger partial charge in [-0.15, -0.1) is 0 Å². The fraction of sp³-hybridized carbons (Fsp3) is 0.250. The van der Waals surface area contributed by atoms with Crippen molar-refractivity contribution in [2.45, 2.75) is 17.9 Å². The molecule has 2 aromatic carbocycles. The number of nitrogens with two attached hydrogens (primary N) is 1. The van der Waals surface area contributed by atoms with E-state index in [0.29, 0.717) is 22.3 Å². The Morgan fingerprint density at radius 1 is 1.24 bits per heavy atom. The Kier molecular flexibility index (Phi) is 5.79. The molecule has 0 aliphatic rings. The molecule has 0 saturated heterocycles. The summed E-state index contributed by atoms with van der Waals surface area (Å²) < 4.78 is 17.7. The fourth-order valence-corrected chi connectivity index (χ4v) is 3.40. The van der Waals surface area contributed by atoms with Gasteiger partial charge in [-0.3, -0.25) is 4.21 Å². The molecule has 0 fully saturated rings. The van der Waals surface area contributed by atoms with Gasteiger partial charge >= 0.3 is 0 Å². The zero-order valence-corrected chi connectivity index (χ0v) is 13.4. The molecular formula is C16H18ClNO2S. The molecule has 2 unspecified atom stereocenters. The summed E-state index contributed by atoms with van der Waals surface area (Å²) in [7, 11) is -1.17. The molecule has 3 nitrogen and oxygen atoms in total. The molecule has 21 heavy (non-hydrogen) atoms. The van der Waals surface area contributed by atoms with Crippen LogP contribution in [-0.4, -0.2) is 16.6 Å². The first-order chi connectivity index (χ1) is 10.1. The Labute approximate surface area is 132 Å². The summed E-state index contributed by atoms with van der Waals surface area (Å²) in [5.41, 5.74) is 7.07. The van der Waals surface area contributed by atoms with Gasteiger partial charge in [-0.1, -0.05) is 29.8 Å². The van der Waals surface area contributed by atoms with Crippen molar-refractivity contribution in [3.63, 3.8) is 0 Å². The third kappa shape index (κ3) is 4.56. The van der Waals surface area contributed by atoms with E-state index in [2.05, 4.69) is 0 Å². The maximum absolute atomic E-state index is 12.3. The molecule has 0 bridgehead atoms. The van der Waals surface area contributed by atoms with Crippen LogP contribution in [0.25, 0.3) is 0 Å². The van der Waals surface area contributed by atoms with Crippen LogP contribution in [0.1, 0.15) is 18.5 Å². The summed E-state index contributed by atoms with van der Waals surface area (Å²) in [6, 6.07) is 14.3. The Bertz CT molecular complexity index is 616. The Hall–Kier alpha value is -1.36. The molecule has 2 rings (SSSR count). The lowest BCUT2D eigenvalue weighted by atomic mass is 10.1. The molecular weight excluding hydrogens is 306 g/mol. The van der Waals surface area contributed by atoms with Crippen LogP contribution < -0.4 is 10.5 Å². The van der Waals surface area contributed by atoms with Crippen molar-refractivity contribution in [1.29, 1.82) is 0 Å². The standard InChI is InChI=1S/C16H18ClNO2S/c1-2-20-14-8-6-12(7-9-14)16(18)11-21(19)15-5-3-4-13(17)10-15/h3-10,16H,2,11,18H2,1H3. The van der Waals surface area contributed by atoms with Crippen molar-refractivity contribution in [3.8, 4) is 5.75 Å². The molecule has 0 aliphatic heterocycles. The van der Waals surface area contributed by atoms with Gasteiger partial charge in [0.05, 0.1) is 17.4 Å². The second kappa shape index (κ2) is 7.59. The third-order valence-corrected chi connectivity index (χ3v) is 4.69. The van der Waals surface area contributed by atoms with E-state index in [1.54, 1.807) is 24.3 Å². The molecule has 0 spiro atoms. The van der Waals surface area contributed by atoms with Crippen molar-refractivity contribution in [2.75, 3.05) is 12.4 Å². The molecule has 0 aliphatic carbocycles. The zero-order valence-electron chi connectivity index (χ0n) is 11.8. The molecule has 2 aromatic rings. The Balaban J connectivity index is 2.03. The Morgan fingerprint density at radius 3 is 2.57 bits per heavy atom. The highest BCUT2D eigenvalue weighted by Gasteiger charge is 2.12. The number of halogens is 1. The van der Waals surface area contributed by atoms with E-state index < -0.39 is 10.8 Å². The van der Waals surface area contributed by atoms with Crippen molar-refractivity contribution in [2.24, 2.45) is 5.73 Å². The van der Waals surface area contributed by atoms with Gasteiger partial charge in [0.15, 0.2) is 0 Å². The highest BCUT2D eigenvalue weighted by atomic mass is 35.5. The average Bonchev–Trinajstić information content (AvgIpc) is 2.48. The van der Waals surface area contributed by atoms with Crippen molar-refractivity contribution in [1.82, 2.24) is 0 Å². The molecule has 112 valence electrons. The van der Waals surface area contributed by atoms with Crippen molar-refractivity contribution < 1.29 is 8.95 Å². The number of benzene rings is 2. The lowest BCUT2D eigenvalue weighted by molar-refractivity contribution is 0.340. The number of rotatable bonds is 6. The normalized spacial score (nSPS) is 13.7. The molecule has 0 amide bonds. The van der Waals surface area contributed by atoms with E-state index >= 15 is 0 Å². The minimum atomic E-state index is -1.17. The van der Waals surface area contributed by atoms with E-state index in [-0.39, 0.29) is 6.04 Å². The van der Waals surface area contributed by atoms with E-state index in [4.69, 9.17) is 22.1 Å². The minimum absolute atomic E-state index is 0.291. The van der Waals surface area contributed by atoms with Crippen LogP contribution in [0.4, 0.5) is 0 Å². The van der Waals surface area contributed by atoms with E-state index in [0.717, 1.165) is 11.3 Å². The van der Waals surface area contributed by atoms with Gasteiger partial charge in [0.2, 0.25) is 0 Å². The van der Waals surface area contributed by atoms with Crippen LogP contribution in [0.15, 0.2) is 53.4 Å². The second-order valence-corrected chi connectivity index (χ2v) is 6.51. The minimum Gasteiger partial charge on any atom is -0.494 e. The highest BCUT2D eigenvalue weighted by molar-refractivity contribution is 7.85. The van der Waals surface area contributed by atoms with Gasteiger partial charge < -0.3 is 10.5 Å². The maximum atomic E-state index is 12.3. The summed E-state index contributed by atoms with van der Waals surface area (Å²) in [5.74, 6) is 1.17. The van der Waals surface area contributed by atoms with E-state index in [1.807, 2.05) is 31.2 Å². The SMILES string of the molecule is CCOc1ccc(C(N)CS(=O)c2cccc(Cl)c2)cc1. The van der Waals surface area contributed by atoms with Crippen molar-refractivity contribution >= 4 is 22.4 Å².